The molecule has 0 aliphatic carbocycles. The van der Waals surface area contributed by atoms with Gasteiger partial charge in [-0.2, -0.15) is 13.2 Å². The Morgan fingerprint density at radius 2 is 1.46 bits per heavy atom. The van der Waals surface area contributed by atoms with Crippen molar-refractivity contribution < 1.29 is 42.1 Å². The van der Waals surface area contributed by atoms with Crippen LogP contribution in [-0.2, 0) is 19.1 Å². The fourth-order valence-corrected chi connectivity index (χ4v) is 1.94. The van der Waals surface area contributed by atoms with E-state index in [1.165, 1.54) is 0 Å². The number of hydrogen-bond acceptors (Lipinski definition) is 6. The largest absolute Gasteiger partial charge is 0.480 e. The molecule has 0 heterocycles. The molecule has 0 saturated heterocycles. The van der Waals surface area contributed by atoms with Gasteiger partial charge in [0.05, 0.1) is 0 Å². The van der Waals surface area contributed by atoms with E-state index in [1.54, 1.807) is 41.5 Å². The highest BCUT2D eigenvalue weighted by molar-refractivity contribution is 5.75. The van der Waals surface area contributed by atoms with E-state index in [1.807, 2.05) is 10.6 Å². The van der Waals surface area contributed by atoms with E-state index in [9.17, 15) is 27.6 Å². The Kier molecular flexibility index (Phi) is 9.22. The maximum absolute atomic E-state index is 13.2. The lowest BCUT2D eigenvalue weighted by Crippen LogP contribution is -2.55. The van der Waals surface area contributed by atoms with Crippen molar-refractivity contribution in [2.45, 2.75) is 83.8 Å². The fraction of sp³-hybridized carbons (Fsp3) is 0.824. The summed E-state index contributed by atoms with van der Waals surface area (Å²) in [5.74, 6) is -2.29. The van der Waals surface area contributed by atoms with Crippen molar-refractivity contribution in [3.05, 3.63) is 0 Å². The van der Waals surface area contributed by atoms with Crippen LogP contribution in [0.2, 0.25) is 0 Å². The third kappa shape index (κ3) is 12.4. The summed E-state index contributed by atoms with van der Waals surface area (Å²) >= 11 is 0. The highest BCUT2D eigenvalue weighted by atomic mass is 19.4. The molecule has 11 heteroatoms. The number of halogens is 3. The predicted molar refractivity (Wildman–Crippen MR) is 93.7 cm³/mol. The monoisotopic (exact) mass is 414 g/mol. The number of carboxylic acid groups (broad SMARTS) is 1. The van der Waals surface area contributed by atoms with Crippen LogP contribution in [0.25, 0.3) is 0 Å². The average Bonchev–Trinajstić information content (AvgIpc) is 2.40. The van der Waals surface area contributed by atoms with Gasteiger partial charge in [0.2, 0.25) is 0 Å². The molecular formula is C17H29F3N2O6. The van der Waals surface area contributed by atoms with Gasteiger partial charge in [-0.15, -0.1) is 0 Å². The number of ether oxygens (including phenoxy) is 2. The van der Waals surface area contributed by atoms with Gasteiger partial charge in [-0.1, -0.05) is 0 Å². The summed E-state index contributed by atoms with van der Waals surface area (Å²) < 4.78 is 49.5. The van der Waals surface area contributed by atoms with Crippen molar-refractivity contribution in [3.8, 4) is 0 Å². The van der Waals surface area contributed by atoms with Gasteiger partial charge < -0.3 is 19.9 Å². The van der Waals surface area contributed by atoms with Gasteiger partial charge >= 0.3 is 24.2 Å². The SMILES string of the molecule is CC(C)(C)OC(=O)CCC(NC(CNC(=O)OC(C)(C)C)C(F)(F)F)C(=O)O. The van der Waals surface area contributed by atoms with Crippen molar-refractivity contribution in [2.75, 3.05) is 6.54 Å². The van der Waals surface area contributed by atoms with Crippen LogP contribution in [0.4, 0.5) is 18.0 Å². The summed E-state index contributed by atoms with van der Waals surface area (Å²) in [5.41, 5.74) is -1.70. The maximum atomic E-state index is 13.2. The topological polar surface area (TPSA) is 114 Å². The molecule has 0 aromatic heterocycles. The number of aliphatic carboxylic acids is 1. The molecule has 2 unspecified atom stereocenters. The molecular weight excluding hydrogens is 385 g/mol. The highest BCUT2D eigenvalue weighted by Gasteiger charge is 2.42. The van der Waals surface area contributed by atoms with Crippen LogP contribution >= 0.6 is 0 Å². The zero-order valence-electron chi connectivity index (χ0n) is 16.9. The molecule has 2 atom stereocenters. The molecule has 0 radical (unpaired) electrons. The summed E-state index contributed by atoms with van der Waals surface area (Å²) in [6.07, 6.45) is -6.70. The Morgan fingerprint density at radius 1 is 0.964 bits per heavy atom. The molecule has 8 nitrogen and oxygen atoms in total. The van der Waals surface area contributed by atoms with E-state index in [-0.39, 0.29) is 6.42 Å². The quantitative estimate of drug-likeness (QED) is 0.523. The Hall–Kier alpha value is -2.04. The minimum atomic E-state index is -4.84. The average molecular weight is 414 g/mol. The Labute approximate surface area is 162 Å². The summed E-state index contributed by atoms with van der Waals surface area (Å²) in [7, 11) is 0. The zero-order chi connectivity index (χ0) is 22.3. The lowest BCUT2D eigenvalue weighted by atomic mass is 10.1. The standard InChI is InChI=1S/C17H29F3N2O6/c1-15(2,3)27-12(23)8-7-10(13(24)25)22-11(17(18,19)20)9-21-14(26)28-16(4,5)6/h10-11,22H,7-9H2,1-6H3,(H,21,26)(H,24,25). The maximum Gasteiger partial charge on any atom is 0.407 e. The second-order valence-electron chi connectivity index (χ2n) is 8.16. The van der Waals surface area contributed by atoms with E-state index in [2.05, 4.69) is 0 Å². The van der Waals surface area contributed by atoms with Crippen LogP contribution in [0.5, 0.6) is 0 Å². The van der Waals surface area contributed by atoms with Crippen molar-refractivity contribution >= 4 is 18.0 Å². The lowest BCUT2D eigenvalue weighted by Gasteiger charge is -2.27. The van der Waals surface area contributed by atoms with E-state index in [0.717, 1.165) is 0 Å². The van der Waals surface area contributed by atoms with Gasteiger partial charge in [0, 0.05) is 13.0 Å². The normalized spacial score (nSPS) is 14.8. The Bertz CT molecular complexity index is 553. The first kappa shape index (κ1) is 26.0. The van der Waals surface area contributed by atoms with E-state index in [0.29, 0.717) is 0 Å². The summed E-state index contributed by atoms with van der Waals surface area (Å²) in [6.45, 7) is 8.53. The van der Waals surface area contributed by atoms with Crippen molar-refractivity contribution in [3.63, 3.8) is 0 Å². The molecule has 1 amide bonds. The molecule has 0 aromatic rings. The summed E-state index contributed by atoms with van der Waals surface area (Å²) in [5, 5.41) is 13.1. The van der Waals surface area contributed by atoms with Crippen molar-refractivity contribution in [1.29, 1.82) is 0 Å². The molecule has 0 rings (SSSR count). The number of carbonyl (C=O) groups is 3. The van der Waals surface area contributed by atoms with E-state index < -0.39 is 60.5 Å². The Balaban J connectivity index is 4.93. The van der Waals surface area contributed by atoms with Crippen LogP contribution in [0, 0.1) is 0 Å². The molecule has 0 saturated carbocycles. The lowest BCUT2D eigenvalue weighted by molar-refractivity contribution is -0.161. The van der Waals surface area contributed by atoms with Gasteiger partial charge in [-0.25, -0.2) is 4.79 Å². The minimum absolute atomic E-state index is 0.384. The van der Waals surface area contributed by atoms with Crippen LogP contribution in [0.3, 0.4) is 0 Å². The van der Waals surface area contributed by atoms with Crippen molar-refractivity contribution in [1.82, 2.24) is 10.6 Å². The van der Waals surface area contributed by atoms with E-state index >= 15 is 0 Å². The van der Waals surface area contributed by atoms with Crippen molar-refractivity contribution in [2.24, 2.45) is 0 Å². The third-order valence-electron chi connectivity index (χ3n) is 3.00. The number of amides is 1. The van der Waals surface area contributed by atoms with Crippen LogP contribution < -0.4 is 10.6 Å². The number of carbonyl (C=O) groups excluding carboxylic acids is 2. The smallest absolute Gasteiger partial charge is 0.407 e. The number of alkyl halides is 3. The second kappa shape index (κ2) is 9.94. The number of carboxylic acids is 1. The van der Waals surface area contributed by atoms with Crippen LogP contribution in [0.1, 0.15) is 54.4 Å². The van der Waals surface area contributed by atoms with Gasteiger partial charge in [-0.05, 0) is 48.0 Å². The number of rotatable bonds is 8. The second-order valence-corrected chi connectivity index (χ2v) is 8.16. The van der Waals surface area contributed by atoms with Crippen LogP contribution in [-0.4, -0.2) is 59.1 Å². The number of hydrogen-bond donors (Lipinski definition) is 3. The number of esters is 1. The first-order valence-corrected chi connectivity index (χ1v) is 8.65. The fourth-order valence-electron chi connectivity index (χ4n) is 1.94. The molecule has 0 fully saturated rings. The molecule has 0 aliphatic heterocycles. The zero-order valence-corrected chi connectivity index (χ0v) is 16.9. The predicted octanol–water partition coefficient (Wildman–Crippen LogP) is 2.61. The van der Waals surface area contributed by atoms with Crippen LogP contribution in [0.15, 0.2) is 0 Å². The van der Waals surface area contributed by atoms with Gasteiger partial charge in [-0.3, -0.25) is 14.9 Å². The Morgan fingerprint density at radius 3 is 1.86 bits per heavy atom. The number of alkyl carbamates (subject to hydrolysis) is 1. The summed E-state index contributed by atoms with van der Waals surface area (Å²) in [6, 6.07) is -4.01. The molecule has 0 aliphatic rings. The number of nitrogens with one attached hydrogen (secondary N) is 2. The molecule has 0 aromatic carbocycles. The molecule has 0 bridgehead atoms. The molecule has 28 heavy (non-hydrogen) atoms. The molecule has 3 N–H and O–H groups in total. The van der Waals surface area contributed by atoms with Gasteiger partial charge in [0.25, 0.3) is 0 Å². The van der Waals surface area contributed by atoms with Gasteiger partial charge in [0.1, 0.15) is 23.3 Å². The molecule has 0 spiro atoms. The van der Waals surface area contributed by atoms with Gasteiger partial charge in [0.15, 0.2) is 0 Å². The minimum Gasteiger partial charge on any atom is -0.480 e. The summed E-state index contributed by atoms with van der Waals surface area (Å²) in [4.78, 5) is 34.5. The van der Waals surface area contributed by atoms with E-state index in [4.69, 9.17) is 14.6 Å². The first-order valence-electron chi connectivity index (χ1n) is 8.65. The highest BCUT2D eigenvalue weighted by Crippen LogP contribution is 2.21. The third-order valence-corrected chi connectivity index (χ3v) is 3.00. The molecule has 164 valence electrons. The first-order chi connectivity index (χ1) is 12.4.